The number of anilines is 2. The molecular weight excluding hydrogens is 476 g/mol. The molecule has 3 aromatic rings. The summed E-state index contributed by atoms with van der Waals surface area (Å²) in [6.07, 6.45) is 2.07. The lowest BCUT2D eigenvalue weighted by Crippen LogP contribution is -2.48. The summed E-state index contributed by atoms with van der Waals surface area (Å²) >= 11 is 0. The van der Waals surface area contributed by atoms with E-state index in [1.165, 1.54) is 44.8 Å². The Kier molecular flexibility index (Phi) is 7.17. The molecule has 2 aliphatic rings. The summed E-state index contributed by atoms with van der Waals surface area (Å²) in [4.78, 5) is 15.0. The lowest BCUT2D eigenvalue weighted by atomic mass is 9.80. The maximum Gasteiger partial charge on any atom is 0.173 e. The molecule has 1 atom stereocenters. The van der Waals surface area contributed by atoms with Gasteiger partial charge in [-0.25, -0.2) is 0 Å². The van der Waals surface area contributed by atoms with Gasteiger partial charge in [-0.3, -0.25) is 9.98 Å². The first-order chi connectivity index (χ1) is 18.6. The molecule has 0 N–H and O–H groups in total. The Morgan fingerprint density at radius 1 is 0.821 bits per heavy atom. The van der Waals surface area contributed by atoms with Crippen LogP contribution < -0.4 is 9.80 Å². The number of hydrogen-bond donors (Lipinski definition) is 0. The highest BCUT2D eigenvalue weighted by Gasteiger charge is 2.56. The Morgan fingerprint density at radius 2 is 1.51 bits per heavy atom. The van der Waals surface area contributed by atoms with Crippen molar-refractivity contribution in [3.8, 4) is 11.1 Å². The average molecular weight is 521 g/mol. The summed E-state index contributed by atoms with van der Waals surface area (Å²) in [6.45, 7) is 18.1. The van der Waals surface area contributed by atoms with Crippen molar-refractivity contribution < 1.29 is 0 Å². The third-order valence-electron chi connectivity index (χ3n) is 8.44. The monoisotopic (exact) mass is 520 g/mol. The summed E-state index contributed by atoms with van der Waals surface area (Å²) in [7, 11) is 1.90. The lowest BCUT2D eigenvalue weighted by molar-refractivity contribution is 0.456. The van der Waals surface area contributed by atoms with Crippen molar-refractivity contribution in [3.05, 3.63) is 82.9 Å². The smallest absolute Gasteiger partial charge is 0.173 e. The van der Waals surface area contributed by atoms with Crippen LogP contribution in [0.2, 0.25) is 0 Å². The summed E-state index contributed by atoms with van der Waals surface area (Å²) in [6, 6.07) is 23.0. The number of amidine groups is 2. The highest BCUT2D eigenvalue weighted by Crippen LogP contribution is 2.52. The topological polar surface area (TPSA) is 31.2 Å². The molecule has 3 aromatic carbocycles. The maximum absolute atomic E-state index is 5.21. The second-order valence-corrected chi connectivity index (χ2v) is 12.1. The fraction of sp³-hybridized carbons (Fsp3) is 0.429. The van der Waals surface area contributed by atoms with Crippen LogP contribution in [0, 0.1) is 0 Å². The minimum absolute atomic E-state index is 0.0523. The summed E-state index contributed by atoms with van der Waals surface area (Å²) < 4.78 is 0. The molecule has 0 aliphatic carbocycles. The highest BCUT2D eigenvalue weighted by atomic mass is 15.5. The molecule has 0 amide bonds. The molecule has 39 heavy (non-hydrogen) atoms. The van der Waals surface area contributed by atoms with Gasteiger partial charge in [-0.05, 0) is 84.2 Å². The zero-order valence-electron chi connectivity index (χ0n) is 25.2. The molecule has 0 saturated carbocycles. The van der Waals surface area contributed by atoms with E-state index in [-0.39, 0.29) is 17.6 Å². The van der Waals surface area contributed by atoms with E-state index in [1.54, 1.807) is 0 Å². The van der Waals surface area contributed by atoms with Crippen molar-refractivity contribution in [3.63, 3.8) is 0 Å². The summed E-state index contributed by atoms with van der Waals surface area (Å²) in [5.74, 6) is 2.37. The highest BCUT2D eigenvalue weighted by molar-refractivity contribution is 6.53. The molecule has 2 aliphatic heterocycles. The molecule has 0 radical (unpaired) electrons. The van der Waals surface area contributed by atoms with E-state index >= 15 is 0 Å². The van der Waals surface area contributed by atoms with Crippen LogP contribution in [0.15, 0.2) is 70.6 Å². The van der Waals surface area contributed by atoms with E-state index in [0.29, 0.717) is 5.92 Å². The Bertz CT molecular complexity index is 1430. The molecule has 1 fully saturated rings. The van der Waals surface area contributed by atoms with E-state index in [4.69, 9.17) is 9.98 Å². The van der Waals surface area contributed by atoms with E-state index in [9.17, 15) is 0 Å². The predicted octanol–water partition coefficient (Wildman–Crippen LogP) is 8.38. The minimum Gasteiger partial charge on any atom is -0.301 e. The molecule has 1 saturated heterocycles. The number of nitrogens with zero attached hydrogens (tertiary/aromatic N) is 4. The molecular formula is C35H44N4. The van der Waals surface area contributed by atoms with Crippen molar-refractivity contribution in [1.29, 1.82) is 0 Å². The second kappa shape index (κ2) is 10.3. The number of benzene rings is 3. The molecule has 5 rings (SSSR count). The first-order valence-electron chi connectivity index (χ1n) is 14.6. The minimum atomic E-state index is -0.150. The van der Waals surface area contributed by atoms with Crippen LogP contribution in [0.3, 0.4) is 0 Å². The molecule has 0 bridgehead atoms. The van der Waals surface area contributed by atoms with Crippen LogP contribution in [0.1, 0.15) is 83.6 Å². The van der Waals surface area contributed by atoms with Crippen molar-refractivity contribution in [2.24, 2.45) is 9.98 Å². The molecule has 1 unspecified atom stereocenters. The van der Waals surface area contributed by atoms with Crippen LogP contribution >= 0.6 is 0 Å². The van der Waals surface area contributed by atoms with Gasteiger partial charge < -0.3 is 9.80 Å². The van der Waals surface area contributed by atoms with Crippen molar-refractivity contribution in [2.45, 2.75) is 91.8 Å². The SMILES string of the molecule is CCc1ccc(N2C(=NC)C(=NC(C)C)N3c4cc(-c5ccccc5C(C)C)c(CC)cc4C(C)(C)C23)cc1. The van der Waals surface area contributed by atoms with E-state index in [1.807, 2.05) is 7.05 Å². The number of aryl methyl sites for hydroxylation is 2. The predicted molar refractivity (Wildman–Crippen MR) is 169 cm³/mol. The van der Waals surface area contributed by atoms with Gasteiger partial charge in [0.25, 0.3) is 0 Å². The van der Waals surface area contributed by atoms with Crippen LogP contribution in [0.25, 0.3) is 11.1 Å². The Labute approximate surface area is 235 Å². The second-order valence-electron chi connectivity index (χ2n) is 12.1. The van der Waals surface area contributed by atoms with Gasteiger partial charge in [0.1, 0.15) is 6.17 Å². The van der Waals surface area contributed by atoms with Crippen LogP contribution in [0.5, 0.6) is 0 Å². The quantitative estimate of drug-likeness (QED) is 0.327. The zero-order chi connectivity index (χ0) is 28.1. The van der Waals surface area contributed by atoms with E-state index in [2.05, 4.69) is 126 Å². The third kappa shape index (κ3) is 4.38. The summed E-state index contributed by atoms with van der Waals surface area (Å²) in [5, 5.41) is 0. The number of fused-ring (bicyclic) bond motifs is 3. The third-order valence-corrected chi connectivity index (χ3v) is 8.44. The number of hydrogen-bond acceptors (Lipinski definition) is 2. The van der Waals surface area contributed by atoms with Crippen molar-refractivity contribution in [2.75, 3.05) is 16.8 Å². The first-order valence-corrected chi connectivity index (χ1v) is 14.6. The Hall–Kier alpha value is -3.40. The van der Waals surface area contributed by atoms with Gasteiger partial charge in [0.05, 0.1) is 0 Å². The van der Waals surface area contributed by atoms with Gasteiger partial charge in [-0.2, -0.15) is 0 Å². The molecule has 4 nitrogen and oxygen atoms in total. The maximum atomic E-state index is 5.21. The van der Waals surface area contributed by atoms with Gasteiger partial charge in [0.15, 0.2) is 11.7 Å². The van der Waals surface area contributed by atoms with Crippen molar-refractivity contribution in [1.82, 2.24) is 0 Å². The molecule has 0 aromatic heterocycles. The number of aliphatic imine (C=N–C) groups is 2. The van der Waals surface area contributed by atoms with Gasteiger partial charge in [-0.15, -0.1) is 0 Å². The van der Waals surface area contributed by atoms with Gasteiger partial charge in [0.2, 0.25) is 0 Å². The van der Waals surface area contributed by atoms with Crippen LogP contribution in [-0.4, -0.2) is 30.9 Å². The van der Waals surface area contributed by atoms with E-state index in [0.717, 1.165) is 24.5 Å². The van der Waals surface area contributed by atoms with Crippen LogP contribution in [-0.2, 0) is 18.3 Å². The number of rotatable bonds is 6. The molecule has 2 heterocycles. The lowest BCUT2D eigenvalue weighted by Gasteiger charge is -2.35. The van der Waals surface area contributed by atoms with Crippen LogP contribution in [0.4, 0.5) is 11.4 Å². The fourth-order valence-corrected chi connectivity index (χ4v) is 6.46. The average Bonchev–Trinajstić information content (AvgIpc) is 3.36. The van der Waals surface area contributed by atoms with E-state index < -0.39 is 0 Å². The van der Waals surface area contributed by atoms with Gasteiger partial charge in [0, 0.05) is 29.9 Å². The molecule has 4 heteroatoms. The van der Waals surface area contributed by atoms with Gasteiger partial charge in [-0.1, -0.05) is 84.0 Å². The van der Waals surface area contributed by atoms with Gasteiger partial charge >= 0.3 is 0 Å². The zero-order valence-corrected chi connectivity index (χ0v) is 25.2. The fourth-order valence-electron chi connectivity index (χ4n) is 6.46. The molecule has 0 spiro atoms. The molecule has 204 valence electrons. The Balaban J connectivity index is 1.77. The first kappa shape index (κ1) is 27.2. The Morgan fingerprint density at radius 3 is 2.10 bits per heavy atom. The van der Waals surface area contributed by atoms with Crippen molar-refractivity contribution >= 4 is 23.0 Å². The standard InChI is InChI=1S/C35H44N4/c1-10-24-16-18-26(19-17-24)38-32(36-9)33(37-23(5)6)39-31-21-29(28-15-13-12-14-27(28)22(3)4)25(11-2)20-30(31)35(7,8)34(38)39/h12-23,34H,10-11H2,1-9H3. The summed E-state index contributed by atoms with van der Waals surface area (Å²) in [5.41, 5.74) is 10.5. The normalized spacial score (nSPS) is 20.0. The largest absolute Gasteiger partial charge is 0.301 e.